The van der Waals surface area contributed by atoms with E-state index < -0.39 is 0 Å². The first kappa shape index (κ1) is 16.7. The Morgan fingerprint density at radius 1 is 1.17 bits per heavy atom. The van der Waals surface area contributed by atoms with Crippen molar-refractivity contribution in [1.82, 2.24) is 15.3 Å². The molecular formula is C17H23N5O. The lowest BCUT2D eigenvalue weighted by molar-refractivity contribution is 0.250. The number of aryl methyl sites for hydroxylation is 1. The lowest BCUT2D eigenvalue weighted by Gasteiger charge is -2.11. The molecular weight excluding hydrogens is 290 g/mol. The fraction of sp³-hybridized carbons (Fsp3) is 0.353. The van der Waals surface area contributed by atoms with Gasteiger partial charge in [0.25, 0.3) is 0 Å². The van der Waals surface area contributed by atoms with E-state index in [1.165, 1.54) is 0 Å². The van der Waals surface area contributed by atoms with Crippen LogP contribution in [0.5, 0.6) is 0 Å². The third-order valence-corrected chi connectivity index (χ3v) is 3.19. The van der Waals surface area contributed by atoms with Gasteiger partial charge in [-0.05, 0) is 38.0 Å². The maximum Gasteiger partial charge on any atom is 0.319 e. The van der Waals surface area contributed by atoms with Crippen LogP contribution in [0.4, 0.5) is 16.3 Å². The van der Waals surface area contributed by atoms with Gasteiger partial charge in [0.2, 0.25) is 0 Å². The molecule has 1 aromatic heterocycles. The largest absolute Gasteiger partial charge is 0.366 e. The number of urea groups is 1. The van der Waals surface area contributed by atoms with Gasteiger partial charge in [-0.3, -0.25) is 0 Å². The molecule has 1 heterocycles. The molecule has 0 saturated heterocycles. The molecule has 0 aliphatic carbocycles. The number of nitrogens with one attached hydrogen (secondary N) is 3. The number of hydrogen-bond donors (Lipinski definition) is 3. The molecule has 0 fully saturated rings. The fourth-order valence-corrected chi connectivity index (χ4v) is 2.02. The summed E-state index contributed by atoms with van der Waals surface area (Å²) in [6.45, 7) is 6.57. The topological polar surface area (TPSA) is 78.9 Å². The first-order valence-corrected chi connectivity index (χ1v) is 7.78. The summed E-state index contributed by atoms with van der Waals surface area (Å²) in [4.78, 5) is 20.0. The van der Waals surface area contributed by atoms with Crippen molar-refractivity contribution < 1.29 is 4.79 Å². The Balaban J connectivity index is 1.88. The van der Waals surface area contributed by atoms with E-state index >= 15 is 0 Å². The van der Waals surface area contributed by atoms with Crippen LogP contribution < -0.4 is 16.0 Å². The summed E-state index contributed by atoms with van der Waals surface area (Å²) in [5.74, 6) is 0.815. The standard InChI is InChI=1S/C17H23N5O/c1-4-14-9-16(20-11-19-14)18-10-13-5-7-15(8-6-13)22-17(23)21-12(2)3/h5-9,11-12H,4,10H2,1-3H3,(H,18,19,20)(H2,21,22,23). The Kier molecular flexibility index (Phi) is 5.91. The molecule has 6 heteroatoms. The van der Waals surface area contributed by atoms with Gasteiger partial charge in [0, 0.05) is 30.0 Å². The van der Waals surface area contributed by atoms with E-state index in [-0.39, 0.29) is 12.1 Å². The zero-order chi connectivity index (χ0) is 16.7. The maximum atomic E-state index is 11.6. The molecule has 0 saturated carbocycles. The predicted molar refractivity (Wildman–Crippen MR) is 92.5 cm³/mol. The number of anilines is 2. The van der Waals surface area contributed by atoms with Crippen LogP contribution in [-0.2, 0) is 13.0 Å². The molecule has 0 aliphatic heterocycles. The third kappa shape index (κ3) is 5.58. The molecule has 3 N–H and O–H groups in total. The number of hydrogen-bond acceptors (Lipinski definition) is 4. The molecule has 0 radical (unpaired) electrons. The Labute approximate surface area is 136 Å². The highest BCUT2D eigenvalue weighted by Gasteiger charge is 2.03. The average molecular weight is 313 g/mol. The Morgan fingerprint density at radius 3 is 2.57 bits per heavy atom. The van der Waals surface area contributed by atoms with Gasteiger partial charge < -0.3 is 16.0 Å². The van der Waals surface area contributed by atoms with Gasteiger partial charge in [0.05, 0.1) is 0 Å². The Hall–Kier alpha value is -2.63. The molecule has 1 aromatic carbocycles. The SMILES string of the molecule is CCc1cc(NCc2ccc(NC(=O)NC(C)C)cc2)ncn1. The van der Waals surface area contributed by atoms with Gasteiger partial charge >= 0.3 is 6.03 Å². The van der Waals surface area contributed by atoms with Crippen LogP contribution in [0.25, 0.3) is 0 Å². The van der Waals surface area contributed by atoms with E-state index in [1.54, 1.807) is 6.33 Å². The molecule has 23 heavy (non-hydrogen) atoms. The second kappa shape index (κ2) is 8.12. The highest BCUT2D eigenvalue weighted by Crippen LogP contribution is 2.12. The highest BCUT2D eigenvalue weighted by atomic mass is 16.2. The van der Waals surface area contributed by atoms with Crippen molar-refractivity contribution in [2.75, 3.05) is 10.6 Å². The molecule has 6 nitrogen and oxygen atoms in total. The van der Waals surface area contributed by atoms with Gasteiger partial charge in [-0.15, -0.1) is 0 Å². The number of benzene rings is 1. The van der Waals surface area contributed by atoms with Crippen LogP contribution in [0.1, 0.15) is 32.0 Å². The van der Waals surface area contributed by atoms with Crippen LogP contribution in [0.2, 0.25) is 0 Å². The van der Waals surface area contributed by atoms with Crippen LogP contribution in [0, 0.1) is 0 Å². The van der Waals surface area contributed by atoms with Crippen molar-refractivity contribution in [3.05, 3.63) is 47.9 Å². The minimum atomic E-state index is -0.195. The highest BCUT2D eigenvalue weighted by molar-refractivity contribution is 5.89. The first-order valence-electron chi connectivity index (χ1n) is 7.78. The molecule has 2 amide bonds. The van der Waals surface area contributed by atoms with Crippen LogP contribution in [0.15, 0.2) is 36.7 Å². The predicted octanol–water partition coefficient (Wildman–Crippen LogP) is 3.18. The molecule has 122 valence electrons. The minimum absolute atomic E-state index is 0.111. The van der Waals surface area contributed by atoms with Crippen molar-refractivity contribution >= 4 is 17.5 Å². The van der Waals surface area contributed by atoms with Crippen LogP contribution in [-0.4, -0.2) is 22.0 Å². The molecule has 2 rings (SSSR count). The summed E-state index contributed by atoms with van der Waals surface area (Å²) in [5.41, 5.74) is 2.89. The molecule has 0 bridgehead atoms. The van der Waals surface area contributed by atoms with Gasteiger partial charge in [0.1, 0.15) is 12.1 Å². The van der Waals surface area contributed by atoms with Gasteiger partial charge in [-0.1, -0.05) is 19.1 Å². The van der Waals surface area contributed by atoms with Crippen LogP contribution >= 0.6 is 0 Å². The maximum absolute atomic E-state index is 11.6. The van der Waals surface area contributed by atoms with E-state index in [4.69, 9.17) is 0 Å². The van der Waals surface area contributed by atoms with E-state index in [2.05, 4.69) is 32.8 Å². The second-order valence-corrected chi connectivity index (χ2v) is 5.55. The monoisotopic (exact) mass is 313 g/mol. The molecule has 0 aliphatic rings. The number of carbonyl (C=O) groups is 1. The summed E-state index contributed by atoms with van der Waals surface area (Å²) in [7, 11) is 0. The van der Waals surface area contributed by atoms with Crippen molar-refractivity contribution in [2.45, 2.75) is 39.8 Å². The summed E-state index contributed by atoms with van der Waals surface area (Å²) in [6.07, 6.45) is 2.46. The minimum Gasteiger partial charge on any atom is -0.366 e. The van der Waals surface area contributed by atoms with Crippen molar-refractivity contribution in [2.24, 2.45) is 0 Å². The summed E-state index contributed by atoms with van der Waals surface area (Å²) in [5, 5.41) is 8.86. The molecule has 0 unspecified atom stereocenters. The van der Waals surface area contributed by atoms with Crippen molar-refractivity contribution in [3.63, 3.8) is 0 Å². The number of amides is 2. The number of carbonyl (C=O) groups excluding carboxylic acids is 1. The normalized spacial score (nSPS) is 10.4. The van der Waals surface area contributed by atoms with E-state index in [1.807, 2.05) is 44.2 Å². The number of aromatic nitrogens is 2. The molecule has 2 aromatic rings. The Bertz CT molecular complexity index is 640. The zero-order valence-corrected chi connectivity index (χ0v) is 13.8. The zero-order valence-electron chi connectivity index (χ0n) is 13.8. The van der Waals surface area contributed by atoms with Crippen molar-refractivity contribution in [3.8, 4) is 0 Å². The lowest BCUT2D eigenvalue weighted by Crippen LogP contribution is -2.34. The van der Waals surface area contributed by atoms with E-state index in [0.29, 0.717) is 6.54 Å². The quantitative estimate of drug-likeness (QED) is 0.765. The van der Waals surface area contributed by atoms with Gasteiger partial charge in [0.15, 0.2) is 0 Å². The molecule has 0 atom stereocenters. The third-order valence-electron chi connectivity index (χ3n) is 3.19. The van der Waals surface area contributed by atoms with Crippen LogP contribution in [0.3, 0.4) is 0 Å². The second-order valence-electron chi connectivity index (χ2n) is 5.55. The molecule has 0 spiro atoms. The summed E-state index contributed by atoms with van der Waals surface area (Å²) >= 11 is 0. The number of rotatable bonds is 6. The van der Waals surface area contributed by atoms with Gasteiger partial charge in [-0.2, -0.15) is 0 Å². The summed E-state index contributed by atoms with van der Waals surface area (Å²) in [6, 6.07) is 9.58. The first-order chi connectivity index (χ1) is 11.1. The smallest absolute Gasteiger partial charge is 0.319 e. The fourth-order valence-electron chi connectivity index (χ4n) is 2.02. The average Bonchev–Trinajstić information content (AvgIpc) is 2.53. The van der Waals surface area contributed by atoms with E-state index in [9.17, 15) is 4.79 Å². The summed E-state index contributed by atoms with van der Waals surface area (Å²) < 4.78 is 0. The van der Waals surface area contributed by atoms with Crippen molar-refractivity contribution in [1.29, 1.82) is 0 Å². The Morgan fingerprint density at radius 2 is 1.91 bits per heavy atom. The van der Waals surface area contributed by atoms with E-state index in [0.717, 1.165) is 29.2 Å². The number of nitrogens with zero attached hydrogens (tertiary/aromatic N) is 2. The lowest BCUT2D eigenvalue weighted by atomic mass is 10.2. The van der Waals surface area contributed by atoms with Gasteiger partial charge in [-0.25, -0.2) is 14.8 Å².